The van der Waals surface area contributed by atoms with Crippen molar-refractivity contribution in [2.75, 3.05) is 10.6 Å². The van der Waals surface area contributed by atoms with E-state index in [1.165, 1.54) is 18.2 Å². The molecule has 0 saturated carbocycles. The van der Waals surface area contributed by atoms with E-state index in [1.807, 2.05) is 24.3 Å². The van der Waals surface area contributed by atoms with Gasteiger partial charge in [-0.05, 0) is 54.1 Å². The van der Waals surface area contributed by atoms with E-state index in [-0.39, 0.29) is 11.5 Å². The van der Waals surface area contributed by atoms with Gasteiger partial charge >= 0.3 is 6.18 Å². The highest BCUT2D eigenvalue weighted by molar-refractivity contribution is 6.07. The van der Waals surface area contributed by atoms with Crippen LogP contribution < -0.4 is 10.6 Å². The second-order valence-electron chi connectivity index (χ2n) is 7.36. The molecule has 3 aromatic carbocycles. The van der Waals surface area contributed by atoms with Crippen LogP contribution in [0.15, 0.2) is 91.1 Å². The van der Waals surface area contributed by atoms with E-state index < -0.39 is 17.6 Å². The number of carbonyl (C=O) groups is 2. The maximum Gasteiger partial charge on any atom is 0.416 e. The summed E-state index contributed by atoms with van der Waals surface area (Å²) in [6, 6.07) is 20.0. The van der Waals surface area contributed by atoms with Crippen LogP contribution in [0.1, 0.15) is 21.5 Å². The van der Waals surface area contributed by atoms with E-state index in [1.54, 1.807) is 42.6 Å². The number of anilines is 2. The molecule has 1 heterocycles. The molecule has 0 radical (unpaired) electrons. The lowest BCUT2D eigenvalue weighted by molar-refractivity contribution is -0.137. The number of pyridine rings is 1. The van der Waals surface area contributed by atoms with Gasteiger partial charge in [0.2, 0.25) is 5.91 Å². The third-order valence-electron chi connectivity index (χ3n) is 4.91. The second-order valence-corrected chi connectivity index (χ2v) is 7.36. The zero-order valence-corrected chi connectivity index (χ0v) is 17.6. The summed E-state index contributed by atoms with van der Waals surface area (Å²) in [4.78, 5) is 29.1. The number of hydrogen-bond acceptors (Lipinski definition) is 3. The maximum absolute atomic E-state index is 12.9. The standard InChI is InChI=1S/C26H18F3N3O2/c27-26(28,29)20-9-2-7-19(16-20)25(34)31-21-10-1-5-17(15-21)12-13-23(33)32-22-11-3-6-18-8-4-14-30-24(18)22/h1-16H,(H,31,34)(H,32,33). The molecular weight excluding hydrogens is 443 g/mol. The zero-order chi connectivity index (χ0) is 24.1. The number of fused-ring (bicyclic) bond motifs is 1. The fourth-order valence-electron chi connectivity index (χ4n) is 3.31. The van der Waals surface area contributed by atoms with Crippen molar-refractivity contribution in [3.8, 4) is 0 Å². The monoisotopic (exact) mass is 461 g/mol. The molecule has 0 spiro atoms. The number of rotatable bonds is 5. The Labute approximate surface area is 193 Å². The molecule has 4 rings (SSSR count). The van der Waals surface area contributed by atoms with E-state index in [9.17, 15) is 22.8 Å². The Balaban J connectivity index is 1.44. The topological polar surface area (TPSA) is 71.1 Å². The van der Waals surface area contributed by atoms with Gasteiger partial charge in [-0.25, -0.2) is 0 Å². The average molecular weight is 461 g/mol. The summed E-state index contributed by atoms with van der Waals surface area (Å²) in [5, 5.41) is 6.26. The number of para-hydroxylation sites is 1. The fraction of sp³-hybridized carbons (Fsp3) is 0.0385. The molecule has 1 aromatic heterocycles. The Bertz CT molecular complexity index is 1390. The first-order valence-electron chi connectivity index (χ1n) is 10.2. The minimum atomic E-state index is -4.54. The lowest BCUT2D eigenvalue weighted by Gasteiger charge is -2.10. The molecule has 5 nitrogen and oxygen atoms in total. The number of nitrogens with one attached hydrogen (secondary N) is 2. The van der Waals surface area contributed by atoms with Gasteiger partial charge in [0.15, 0.2) is 0 Å². The third-order valence-corrected chi connectivity index (χ3v) is 4.91. The Morgan fingerprint density at radius 2 is 1.62 bits per heavy atom. The van der Waals surface area contributed by atoms with E-state index in [4.69, 9.17) is 0 Å². The molecule has 8 heteroatoms. The summed E-state index contributed by atoms with van der Waals surface area (Å²) >= 11 is 0. The minimum absolute atomic E-state index is 0.112. The summed E-state index contributed by atoms with van der Waals surface area (Å²) < 4.78 is 38.7. The number of nitrogens with zero attached hydrogens (tertiary/aromatic N) is 1. The number of alkyl halides is 3. The van der Waals surface area contributed by atoms with Crippen molar-refractivity contribution in [3.63, 3.8) is 0 Å². The van der Waals surface area contributed by atoms with Gasteiger partial charge in [-0.1, -0.05) is 36.4 Å². The van der Waals surface area contributed by atoms with E-state index >= 15 is 0 Å². The van der Waals surface area contributed by atoms with Crippen LogP contribution in [0.2, 0.25) is 0 Å². The molecular formula is C26H18F3N3O2. The van der Waals surface area contributed by atoms with Crippen LogP contribution in [0.4, 0.5) is 24.5 Å². The van der Waals surface area contributed by atoms with Crippen LogP contribution in [-0.2, 0) is 11.0 Å². The van der Waals surface area contributed by atoms with E-state index in [0.717, 1.165) is 17.5 Å². The lowest BCUT2D eigenvalue weighted by atomic mass is 10.1. The van der Waals surface area contributed by atoms with Gasteiger partial charge in [-0.15, -0.1) is 0 Å². The lowest BCUT2D eigenvalue weighted by Crippen LogP contribution is -2.14. The molecule has 0 saturated heterocycles. The maximum atomic E-state index is 12.9. The molecule has 0 fully saturated rings. The number of hydrogen-bond donors (Lipinski definition) is 2. The van der Waals surface area contributed by atoms with Crippen LogP contribution in [0.3, 0.4) is 0 Å². The summed E-state index contributed by atoms with van der Waals surface area (Å²) in [5.41, 5.74) is 1.24. The Morgan fingerprint density at radius 3 is 2.44 bits per heavy atom. The normalized spacial score (nSPS) is 11.5. The van der Waals surface area contributed by atoms with Crippen molar-refractivity contribution in [3.05, 3.63) is 108 Å². The Hall–Kier alpha value is -4.46. The number of carbonyl (C=O) groups excluding carboxylic acids is 2. The molecule has 0 atom stereocenters. The molecule has 2 N–H and O–H groups in total. The third kappa shape index (κ3) is 5.47. The van der Waals surface area contributed by atoms with Crippen molar-refractivity contribution in [2.24, 2.45) is 0 Å². The fourth-order valence-corrected chi connectivity index (χ4v) is 3.31. The summed E-state index contributed by atoms with van der Waals surface area (Å²) in [5.74, 6) is -1.04. The molecule has 0 aliphatic carbocycles. The quantitative estimate of drug-likeness (QED) is 0.350. The predicted molar refractivity (Wildman–Crippen MR) is 125 cm³/mol. The van der Waals surface area contributed by atoms with Gasteiger partial charge in [0, 0.05) is 28.9 Å². The Morgan fingerprint density at radius 1 is 0.853 bits per heavy atom. The van der Waals surface area contributed by atoms with Crippen LogP contribution in [0.25, 0.3) is 17.0 Å². The number of amides is 2. The largest absolute Gasteiger partial charge is 0.416 e. The summed E-state index contributed by atoms with van der Waals surface area (Å²) in [7, 11) is 0. The average Bonchev–Trinajstić information content (AvgIpc) is 2.83. The summed E-state index contributed by atoms with van der Waals surface area (Å²) in [6.45, 7) is 0. The van der Waals surface area contributed by atoms with Crippen LogP contribution >= 0.6 is 0 Å². The van der Waals surface area contributed by atoms with E-state index in [0.29, 0.717) is 22.5 Å². The summed E-state index contributed by atoms with van der Waals surface area (Å²) in [6.07, 6.45) is 0.0139. The minimum Gasteiger partial charge on any atom is -0.322 e. The zero-order valence-electron chi connectivity index (χ0n) is 17.6. The molecule has 170 valence electrons. The molecule has 2 amide bonds. The van der Waals surface area contributed by atoms with Crippen LogP contribution in [-0.4, -0.2) is 16.8 Å². The molecule has 4 aromatic rings. The van der Waals surface area contributed by atoms with Gasteiger partial charge < -0.3 is 10.6 Å². The van der Waals surface area contributed by atoms with Gasteiger partial charge in [-0.2, -0.15) is 13.2 Å². The van der Waals surface area contributed by atoms with Gasteiger partial charge in [0.1, 0.15) is 0 Å². The highest BCUT2D eigenvalue weighted by Gasteiger charge is 2.30. The van der Waals surface area contributed by atoms with Gasteiger partial charge in [0.05, 0.1) is 16.8 Å². The van der Waals surface area contributed by atoms with Gasteiger partial charge in [-0.3, -0.25) is 14.6 Å². The van der Waals surface area contributed by atoms with Crippen molar-refractivity contribution in [1.82, 2.24) is 4.98 Å². The van der Waals surface area contributed by atoms with Crippen molar-refractivity contribution in [1.29, 1.82) is 0 Å². The molecule has 0 unspecified atom stereocenters. The Kier molecular flexibility index (Phi) is 6.40. The van der Waals surface area contributed by atoms with Gasteiger partial charge in [0.25, 0.3) is 5.91 Å². The second kappa shape index (κ2) is 9.58. The van der Waals surface area contributed by atoms with Crippen molar-refractivity contribution < 1.29 is 22.8 Å². The number of aromatic nitrogens is 1. The predicted octanol–water partition coefficient (Wildman–Crippen LogP) is 6.16. The smallest absolute Gasteiger partial charge is 0.322 e. The van der Waals surface area contributed by atoms with Crippen molar-refractivity contribution in [2.45, 2.75) is 6.18 Å². The van der Waals surface area contributed by atoms with Crippen molar-refractivity contribution >= 4 is 40.2 Å². The first-order valence-corrected chi connectivity index (χ1v) is 10.2. The first-order chi connectivity index (χ1) is 16.3. The SMILES string of the molecule is O=C(C=Cc1cccc(NC(=O)c2cccc(C(F)(F)F)c2)c1)Nc1cccc2cccnc12. The molecule has 34 heavy (non-hydrogen) atoms. The van der Waals surface area contributed by atoms with E-state index in [2.05, 4.69) is 15.6 Å². The van der Waals surface area contributed by atoms with Crippen LogP contribution in [0.5, 0.6) is 0 Å². The number of halogens is 3. The first kappa shape index (κ1) is 22.7. The molecule has 0 aliphatic heterocycles. The molecule has 0 aliphatic rings. The number of benzene rings is 3. The highest BCUT2D eigenvalue weighted by atomic mass is 19.4. The van der Waals surface area contributed by atoms with Crippen LogP contribution in [0, 0.1) is 0 Å². The molecule has 0 bridgehead atoms. The highest BCUT2D eigenvalue weighted by Crippen LogP contribution is 2.29.